The molecule has 0 aromatic carbocycles. The second-order valence-electron chi connectivity index (χ2n) is 24.8. The molecular formula is C74H134NO8+. The Labute approximate surface area is 513 Å². The van der Waals surface area contributed by atoms with Crippen molar-refractivity contribution < 1.29 is 42.9 Å². The van der Waals surface area contributed by atoms with Gasteiger partial charge in [0.15, 0.2) is 6.10 Å². The summed E-state index contributed by atoms with van der Waals surface area (Å²) < 4.78 is 23.0. The molecule has 0 amide bonds. The van der Waals surface area contributed by atoms with Gasteiger partial charge in [0, 0.05) is 12.8 Å². The molecule has 1 N–H and O–H groups in total. The maximum atomic E-state index is 12.9. The van der Waals surface area contributed by atoms with Gasteiger partial charge < -0.3 is 28.5 Å². The van der Waals surface area contributed by atoms with Crippen LogP contribution in [0.1, 0.15) is 322 Å². The lowest BCUT2D eigenvalue weighted by molar-refractivity contribution is -0.870. The summed E-state index contributed by atoms with van der Waals surface area (Å²) in [4.78, 5) is 37.6. The van der Waals surface area contributed by atoms with E-state index in [1.807, 2.05) is 21.1 Å². The molecule has 0 aliphatic heterocycles. The quantitative estimate of drug-likeness (QED) is 0.0211. The van der Waals surface area contributed by atoms with Gasteiger partial charge in [-0.15, -0.1) is 0 Å². The molecule has 83 heavy (non-hydrogen) atoms. The summed E-state index contributed by atoms with van der Waals surface area (Å²) in [6, 6.07) is 0. The highest BCUT2D eigenvalue weighted by molar-refractivity contribution is 5.71. The Hall–Kier alpha value is -3.27. The maximum Gasteiger partial charge on any atom is 0.361 e. The molecule has 0 aromatic heterocycles. The van der Waals surface area contributed by atoms with Crippen molar-refractivity contribution in [2.75, 3.05) is 47.5 Å². The number of hydrogen-bond donors (Lipinski definition) is 1. The van der Waals surface area contributed by atoms with Gasteiger partial charge in [0.2, 0.25) is 0 Å². The normalized spacial score (nSPS) is 13.1. The predicted octanol–water partition coefficient (Wildman–Crippen LogP) is 21.7. The molecule has 9 heteroatoms. The van der Waals surface area contributed by atoms with Gasteiger partial charge in [0.05, 0.1) is 34.4 Å². The number of carboxylic acid groups (broad SMARTS) is 1. The van der Waals surface area contributed by atoms with E-state index in [2.05, 4.69) is 86.8 Å². The number of carbonyl (C=O) groups is 3. The van der Waals surface area contributed by atoms with Gasteiger partial charge >= 0.3 is 17.9 Å². The lowest BCUT2D eigenvalue weighted by Gasteiger charge is -2.25. The number of carbonyl (C=O) groups excluding carboxylic acids is 2. The first-order valence-electron chi connectivity index (χ1n) is 35.1. The third-order valence-electron chi connectivity index (χ3n) is 15.4. The van der Waals surface area contributed by atoms with Crippen LogP contribution < -0.4 is 0 Å². The largest absolute Gasteiger partial charge is 0.477 e. The minimum Gasteiger partial charge on any atom is -0.477 e. The Morgan fingerprint density at radius 3 is 1.02 bits per heavy atom. The molecule has 2 atom stereocenters. The number of rotatable bonds is 65. The van der Waals surface area contributed by atoms with Gasteiger partial charge in [-0.3, -0.25) is 9.59 Å². The Balaban J connectivity index is 4.05. The van der Waals surface area contributed by atoms with Crippen molar-refractivity contribution in [3.8, 4) is 0 Å². The number of allylic oxidation sites excluding steroid dienone is 12. The lowest BCUT2D eigenvalue weighted by Crippen LogP contribution is -2.40. The Morgan fingerprint density at radius 1 is 0.373 bits per heavy atom. The molecular weight excluding hydrogens is 1030 g/mol. The van der Waals surface area contributed by atoms with Crippen molar-refractivity contribution in [3.63, 3.8) is 0 Å². The predicted molar refractivity (Wildman–Crippen MR) is 355 cm³/mol. The number of esters is 2. The van der Waals surface area contributed by atoms with Gasteiger partial charge in [0.1, 0.15) is 13.2 Å². The highest BCUT2D eigenvalue weighted by atomic mass is 16.7. The average molecular weight is 1170 g/mol. The molecule has 482 valence electrons. The van der Waals surface area contributed by atoms with Crippen molar-refractivity contribution in [2.24, 2.45) is 0 Å². The molecule has 2 unspecified atom stereocenters. The van der Waals surface area contributed by atoms with Crippen LogP contribution in [0.3, 0.4) is 0 Å². The number of aliphatic carboxylic acids is 1. The zero-order chi connectivity index (χ0) is 60.5. The van der Waals surface area contributed by atoms with E-state index in [0.29, 0.717) is 17.4 Å². The van der Waals surface area contributed by atoms with Crippen LogP contribution in [0.4, 0.5) is 0 Å². The van der Waals surface area contributed by atoms with Gasteiger partial charge in [0.25, 0.3) is 6.29 Å². The van der Waals surface area contributed by atoms with Crippen LogP contribution in [0, 0.1) is 0 Å². The molecule has 0 rings (SSSR count). The van der Waals surface area contributed by atoms with E-state index in [4.69, 9.17) is 18.9 Å². The topological polar surface area (TPSA) is 108 Å². The fourth-order valence-corrected chi connectivity index (χ4v) is 10.1. The summed E-state index contributed by atoms with van der Waals surface area (Å²) >= 11 is 0. The molecule has 0 heterocycles. The molecule has 0 saturated heterocycles. The first kappa shape index (κ1) is 79.7. The second kappa shape index (κ2) is 64.7. The average Bonchev–Trinajstić information content (AvgIpc) is 3.46. The van der Waals surface area contributed by atoms with Crippen LogP contribution in [0.2, 0.25) is 0 Å². The van der Waals surface area contributed by atoms with Crippen molar-refractivity contribution in [3.05, 3.63) is 72.9 Å². The molecule has 0 bridgehead atoms. The molecule has 0 aliphatic carbocycles. The van der Waals surface area contributed by atoms with Crippen LogP contribution in [-0.2, 0) is 33.3 Å². The van der Waals surface area contributed by atoms with Crippen molar-refractivity contribution in [2.45, 2.75) is 334 Å². The van der Waals surface area contributed by atoms with Crippen molar-refractivity contribution >= 4 is 17.9 Å². The molecule has 0 aromatic rings. The number of nitrogens with zero attached hydrogens (tertiary/aromatic N) is 1. The van der Waals surface area contributed by atoms with Crippen LogP contribution in [-0.4, -0.2) is 87.4 Å². The van der Waals surface area contributed by atoms with Gasteiger partial charge in [-0.25, -0.2) is 4.79 Å². The summed E-state index contributed by atoms with van der Waals surface area (Å²) in [5, 5.41) is 9.74. The minimum absolute atomic E-state index is 0.181. The molecule has 0 aliphatic rings. The van der Waals surface area contributed by atoms with E-state index in [1.165, 1.54) is 225 Å². The van der Waals surface area contributed by atoms with Crippen LogP contribution in [0.5, 0.6) is 0 Å². The van der Waals surface area contributed by atoms with Crippen molar-refractivity contribution in [1.29, 1.82) is 0 Å². The van der Waals surface area contributed by atoms with E-state index < -0.39 is 18.4 Å². The standard InChI is InChI=1S/C74H133NO8/c1-6-8-10-12-14-16-18-20-22-24-26-28-30-31-32-33-34-35-36-37-38-39-40-41-43-45-47-49-51-53-55-57-59-61-63-65-72(77)83-70(69-82-74(73(78)79)80-67-66-75(3,4)5)68-81-71(76)64-62-60-58-56-54-52-50-48-46-44-42-29-27-25-23-21-19-17-15-13-11-9-7-2/h8,10,14,16,19-22,25-28,70,74H,6-7,9,11-13,15,17-18,23-24,29-69H2,1-5H3/p+1/b10-8-,16-14-,21-19-,22-20-,27-25-,28-26-. The number of likely N-dealkylation sites (N-methyl/N-ethyl adjacent to an activating group) is 1. The zero-order valence-electron chi connectivity index (χ0n) is 55.1. The first-order chi connectivity index (χ1) is 40.6. The highest BCUT2D eigenvalue weighted by Gasteiger charge is 2.25. The number of ether oxygens (including phenoxy) is 4. The number of unbranched alkanes of at least 4 members (excludes halogenated alkanes) is 38. The number of carboxylic acids is 1. The van der Waals surface area contributed by atoms with Crippen LogP contribution in [0.15, 0.2) is 72.9 Å². The van der Waals surface area contributed by atoms with E-state index in [0.717, 1.165) is 70.6 Å². The van der Waals surface area contributed by atoms with E-state index >= 15 is 0 Å². The minimum atomic E-state index is -1.51. The molecule has 0 saturated carbocycles. The third-order valence-corrected chi connectivity index (χ3v) is 15.4. The summed E-state index contributed by atoms with van der Waals surface area (Å²) in [5.41, 5.74) is 0. The Kier molecular flexibility index (Phi) is 62.2. The van der Waals surface area contributed by atoms with Gasteiger partial charge in [-0.2, -0.15) is 0 Å². The van der Waals surface area contributed by atoms with Crippen molar-refractivity contribution in [1.82, 2.24) is 0 Å². The van der Waals surface area contributed by atoms with E-state index in [1.54, 1.807) is 0 Å². The number of hydrogen-bond acceptors (Lipinski definition) is 7. The summed E-state index contributed by atoms with van der Waals surface area (Å²) in [6.07, 6.45) is 83.0. The number of quaternary nitrogens is 1. The maximum absolute atomic E-state index is 12.9. The van der Waals surface area contributed by atoms with Crippen LogP contribution >= 0.6 is 0 Å². The van der Waals surface area contributed by atoms with E-state index in [9.17, 15) is 19.5 Å². The first-order valence-corrected chi connectivity index (χ1v) is 35.1. The molecule has 0 spiro atoms. The SMILES string of the molecule is CC/C=C\C/C=C\C/C=C\C/C=C\CCCCCCCCCCCCCCCCCCCCCCCCC(=O)OC(COC(=O)CCCCCCCCCCCCC/C=C\C/C=C\CCCCCCC)COC(OCC[N+](C)(C)C)C(=O)O. The lowest BCUT2D eigenvalue weighted by atomic mass is 10.0. The summed E-state index contributed by atoms with van der Waals surface area (Å²) in [7, 11) is 5.98. The smallest absolute Gasteiger partial charge is 0.361 e. The van der Waals surface area contributed by atoms with E-state index in [-0.39, 0.29) is 38.2 Å². The summed E-state index contributed by atoms with van der Waals surface area (Å²) in [6.45, 7) is 4.80. The van der Waals surface area contributed by atoms with Gasteiger partial charge in [-0.1, -0.05) is 299 Å². The van der Waals surface area contributed by atoms with Crippen LogP contribution in [0.25, 0.3) is 0 Å². The fourth-order valence-electron chi connectivity index (χ4n) is 10.1. The molecule has 0 radical (unpaired) electrons. The Bertz CT molecular complexity index is 1590. The zero-order valence-corrected chi connectivity index (χ0v) is 55.1. The third kappa shape index (κ3) is 66.1. The Morgan fingerprint density at radius 2 is 0.687 bits per heavy atom. The monoisotopic (exact) mass is 1170 g/mol. The second-order valence-corrected chi connectivity index (χ2v) is 24.8. The molecule has 0 fully saturated rings. The fraction of sp³-hybridized carbons (Fsp3) is 0.797. The highest BCUT2D eigenvalue weighted by Crippen LogP contribution is 2.18. The van der Waals surface area contributed by atoms with Gasteiger partial charge in [-0.05, 0) is 83.5 Å². The molecule has 9 nitrogen and oxygen atoms in total. The summed E-state index contributed by atoms with van der Waals surface area (Å²) in [5.74, 6) is -1.99.